The van der Waals surface area contributed by atoms with Crippen molar-refractivity contribution in [2.75, 3.05) is 0 Å². The summed E-state index contributed by atoms with van der Waals surface area (Å²) in [6.45, 7) is 5.64. The van der Waals surface area contributed by atoms with E-state index in [4.69, 9.17) is 0 Å². The van der Waals surface area contributed by atoms with Gasteiger partial charge in [0.2, 0.25) is 0 Å². The monoisotopic (exact) mass is 362 g/mol. The maximum atomic E-state index is 12.9. The summed E-state index contributed by atoms with van der Waals surface area (Å²) in [5.74, 6) is -0.406. The highest BCUT2D eigenvalue weighted by Crippen LogP contribution is 2.67. The van der Waals surface area contributed by atoms with Crippen LogP contribution in [-0.4, -0.2) is 44.7 Å². The first-order chi connectivity index (χ1) is 12.0. The molecule has 0 amide bonds. The molecule has 0 aromatic carbocycles. The molecule has 26 heavy (non-hydrogen) atoms. The molecule has 8 atom stereocenters. The SMILES string of the molecule is CC(=O)[C@@H]1CC[C@@]2(O)C3=CC(=O)[C@H]4C[C@H](O)[C@@H](O)C[C@@]4(C)[C@H]3CC[C@@]12C. The van der Waals surface area contributed by atoms with Crippen LogP contribution in [0.2, 0.25) is 0 Å². The summed E-state index contributed by atoms with van der Waals surface area (Å²) < 4.78 is 0. The van der Waals surface area contributed by atoms with Crippen molar-refractivity contribution in [2.24, 2.45) is 28.6 Å². The minimum Gasteiger partial charge on any atom is -0.390 e. The minimum atomic E-state index is -1.13. The van der Waals surface area contributed by atoms with Crippen molar-refractivity contribution in [3.63, 3.8) is 0 Å². The Morgan fingerprint density at radius 1 is 1.12 bits per heavy atom. The summed E-state index contributed by atoms with van der Waals surface area (Å²) in [6, 6.07) is 0. The van der Waals surface area contributed by atoms with E-state index >= 15 is 0 Å². The van der Waals surface area contributed by atoms with Gasteiger partial charge in [-0.15, -0.1) is 0 Å². The molecule has 0 saturated heterocycles. The predicted molar refractivity (Wildman–Crippen MR) is 95.1 cm³/mol. The van der Waals surface area contributed by atoms with Gasteiger partial charge in [0.25, 0.3) is 0 Å². The van der Waals surface area contributed by atoms with E-state index in [1.165, 1.54) is 0 Å². The standard InChI is InChI=1S/C21H30O5/c1-11(22)12-5-7-21(26)14-8-16(23)15-9-17(24)18(25)10-19(15,2)13(14)4-6-20(12,21)3/h8,12-13,15,17-18,24-26H,4-7,9-10H2,1-3H3/t12-,13-,15+,17-,18-,19-,20-,21+/m0/s1. The number of fused-ring (bicyclic) bond motifs is 5. The van der Waals surface area contributed by atoms with Crippen LogP contribution in [0, 0.1) is 28.6 Å². The average Bonchev–Trinajstić information content (AvgIpc) is 2.83. The molecule has 0 unspecified atom stereocenters. The number of ketones is 2. The number of allylic oxidation sites excluding steroid dienone is 1. The molecule has 5 heteroatoms. The second-order valence-electron chi connectivity index (χ2n) is 9.71. The van der Waals surface area contributed by atoms with E-state index < -0.39 is 28.6 Å². The quantitative estimate of drug-likeness (QED) is 0.661. The zero-order chi connectivity index (χ0) is 19.1. The van der Waals surface area contributed by atoms with Gasteiger partial charge >= 0.3 is 0 Å². The number of rotatable bonds is 1. The van der Waals surface area contributed by atoms with E-state index in [0.29, 0.717) is 19.3 Å². The molecule has 0 bridgehead atoms. The van der Waals surface area contributed by atoms with Crippen molar-refractivity contribution < 1.29 is 24.9 Å². The highest BCUT2D eigenvalue weighted by Gasteiger charge is 2.67. The highest BCUT2D eigenvalue weighted by atomic mass is 16.3. The molecule has 3 N–H and O–H groups in total. The van der Waals surface area contributed by atoms with Gasteiger partial charge in [-0.25, -0.2) is 0 Å². The second-order valence-corrected chi connectivity index (χ2v) is 9.71. The lowest BCUT2D eigenvalue weighted by Gasteiger charge is -2.59. The molecule has 0 aromatic heterocycles. The third-order valence-corrected chi connectivity index (χ3v) is 8.61. The number of Topliss-reactive ketones (excluding diaryl/α,β-unsaturated/α-hetero) is 1. The number of carbonyl (C=O) groups excluding carboxylic acids is 2. The van der Waals surface area contributed by atoms with E-state index in [9.17, 15) is 24.9 Å². The lowest BCUT2D eigenvalue weighted by atomic mass is 9.46. The van der Waals surface area contributed by atoms with Crippen molar-refractivity contribution in [3.8, 4) is 0 Å². The topological polar surface area (TPSA) is 94.8 Å². The van der Waals surface area contributed by atoms with E-state index in [1.54, 1.807) is 13.0 Å². The highest BCUT2D eigenvalue weighted by molar-refractivity contribution is 5.95. The molecule has 4 aliphatic rings. The van der Waals surface area contributed by atoms with Gasteiger partial charge in [0, 0.05) is 17.3 Å². The Labute approximate surface area is 154 Å². The first kappa shape index (κ1) is 18.3. The third kappa shape index (κ3) is 2.08. The Balaban J connectivity index is 1.80. The van der Waals surface area contributed by atoms with Gasteiger partial charge in [-0.2, -0.15) is 0 Å². The number of hydrogen-bond donors (Lipinski definition) is 3. The van der Waals surface area contributed by atoms with Gasteiger partial charge in [-0.1, -0.05) is 13.8 Å². The summed E-state index contributed by atoms with van der Waals surface area (Å²) in [7, 11) is 0. The Morgan fingerprint density at radius 3 is 2.46 bits per heavy atom. The van der Waals surface area contributed by atoms with Crippen LogP contribution in [0.3, 0.4) is 0 Å². The largest absolute Gasteiger partial charge is 0.390 e. The zero-order valence-electron chi connectivity index (χ0n) is 15.9. The zero-order valence-corrected chi connectivity index (χ0v) is 15.9. The third-order valence-electron chi connectivity index (χ3n) is 8.61. The molecule has 4 aliphatic carbocycles. The molecule has 144 valence electrons. The van der Waals surface area contributed by atoms with Crippen molar-refractivity contribution in [1.82, 2.24) is 0 Å². The van der Waals surface area contributed by atoms with Crippen LogP contribution in [0.1, 0.15) is 59.3 Å². The van der Waals surface area contributed by atoms with Crippen molar-refractivity contribution in [1.29, 1.82) is 0 Å². The Bertz CT molecular complexity index is 699. The lowest BCUT2D eigenvalue weighted by molar-refractivity contribution is -0.153. The Kier molecular flexibility index (Phi) is 3.87. The van der Waals surface area contributed by atoms with Gasteiger partial charge in [-0.05, 0) is 68.4 Å². The number of aliphatic hydroxyl groups excluding tert-OH is 2. The fourth-order valence-corrected chi connectivity index (χ4v) is 7.02. The molecule has 0 aliphatic heterocycles. The fourth-order valence-electron chi connectivity index (χ4n) is 7.02. The maximum Gasteiger partial charge on any atom is 0.159 e. The van der Waals surface area contributed by atoms with Crippen LogP contribution >= 0.6 is 0 Å². The number of carbonyl (C=O) groups is 2. The number of aliphatic hydroxyl groups is 3. The molecular formula is C21H30O5. The fraction of sp³-hybridized carbons (Fsp3) is 0.810. The van der Waals surface area contributed by atoms with Gasteiger partial charge < -0.3 is 15.3 Å². The van der Waals surface area contributed by atoms with Crippen LogP contribution < -0.4 is 0 Å². The minimum absolute atomic E-state index is 0.0103. The maximum absolute atomic E-state index is 12.9. The second kappa shape index (κ2) is 5.49. The summed E-state index contributed by atoms with van der Waals surface area (Å²) >= 11 is 0. The summed E-state index contributed by atoms with van der Waals surface area (Å²) in [6.07, 6.45) is 3.29. The Hall–Kier alpha value is -1.04. The predicted octanol–water partition coefficient (Wildman–Crippen LogP) is 1.78. The van der Waals surface area contributed by atoms with E-state index in [1.807, 2.05) is 13.8 Å². The molecule has 4 rings (SSSR count). The molecule has 3 fully saturated rings. The van der Waals surface area contributed by atoms with Gasteiger partial charge in [0.05, 0.1) is 17.8 Å². The summed E-state index contributed by atoms with van der Waals surface area (Å²) in [4.78, 5) is 25.1. The van der Waals surface area contributed by atoms with Crippen molar-refractivity contribution in [2.45, 2.75) is 77.1 Å². The lowest BCUT2D eigenvalue weighted by Crippen LogP contribution is -2.60. The first-order valence-corrected chi connectivity index (χ1v) is 9.89. The van der Waals surface area contributed by atoms with Crippen molar-refractivity contribution in [3.05, 3.63) is 11.6 Å². The van der Waals surface area contributed by atoms with Gasteiger partial charge in [0.15, 0.2) is 5.78 Å². The van der Waals surface area contributed by atoms with Gasteiger partial charge in [0.1, 0.15) is 5.78 Å². The van der Waals surface area contributed by atoms with Crippen LogP contribution in [0.4, 0.5) is 0 Å². The van der Waals surface area contributed by atoms with Crippen LogP contribution in [0.5, 0.6) is 0 Å². The average molecular weight is 362 g/mol. The molecule has 5 nitrogen and oxygen atoms in total. The van der Waals surface area contributed by atoms with Gasteiger partial charge in [-0.3, -0.25) is 9.59 Å². The smallest absolute Gasteiger partial charge is 0.159 e. The van der Waals surface area contributed by atoms with E-state index in [-0.39, 0.29) is 35.7 Å². The van der Waals surface area contributed by atoms with Crippen LogP contribution in [0.15, 0.2) is 11.6 Å². The molecule has 3 saturated carbocycles. The Morgan fingerprint density at radius 2 is 1.81 bits per heavy atom. The molecule has 0 heterocycles. The van der Waals surface area contributed by atoms with Crippen molar-refractivity contribution >= 4 is 11.6 Å². The van der Waals surface area contributed by atoms with Crippen LogP contribution in [-0.2, 0) is 9.59 Å². The number of hydrogen-bond acceptors (Lipinski definition) is 5. The molecule has 0 radical (unpaired) electrons. The van der Waals surface area contributed by atoms with E-state index in [0.717, 1.165) is 18.4 Å². The van der Waals surface area contributed by atoms with Crippen LogP contribution in [0.25, 0.3) is 0 Å². The first-order valence-electron chi connectivity index (χ1n) is 9.89. The normalized spacial score (nSPS) is 53.4. The molecular weight excluding hydrogens is 332 g/mol. The summed E-state index contributed by atoms with van der Waals surface area (Å²) in [5, 5.41) is 32.1. The molecule has 0 aromatic rings. The molecule has 0 spiro atoms. The summed E-state index contributed by atoms with van der Waals surface area (Å²) in [5.41, 5.74) is -1.33. The van der Waals surface area contributed by atoms with E-state index in [2.05, 4.69) is 0 Å².